The summed E-state index contributed by atoms with van der Waals surface area (Å²) in [6.45, 7) is 4.38. The highest BCUT2D eigenvalue weighted by Crippen LogP contribution is 2.17. The Bertz CT molecular complexity index is 193. The highest BCUT2D eigenvalue weighted by molar-refractivity contribution is 5.68. The molecule has 1 N–H and O–H groups in total. The Morgan fingerprint density at radius 3 is 3.15 bits per heavy atom. The van der Waals surface area contributed by atoms with Crippen LogP contribution in [-0.4, -0.2) is 41.9 Å². The predicted octanol–water partition coefficient (Wildman–Crippen LogP) is 0.766. The van der Waals surface area contributed by atoms with Crippen LogP contribution in [-0.2, 0) is 4.74 Å². The Labute approximate surface area is 77.8 Å². The molecule has 1 amide bonds. The van der Waals surface area contributed by atoms with E-state index in [1.165, 1.54) is 6.08 Å². The van der Waals surface area contributed by atoms with E-state index in [2.05, 4.69) is 6.58 Å². The number of nitrogens with zero attached hydrogens (tertiary/aromatic N) is 1. The molecule has 0 unspecified atom stereocenters. The standard InChI is InChI=1S/C9H15NO3/c1-2-6-13-9(12)10-5-3-4-8(10)7-11/h2,8,11H,1,3-7H2/t8-/m1/s1. The number of carbonyl (C=O) groups excluding carboxylic acids is 1. The van der Waals surface area contributed by atoms with E-state index in [9.17, 15) is 4.79 Å². The zero-order chi connectivity index (χ0) is 9.68. The van der Waals surface area contributed by atoms with E-state index >= 15 is 0 Å². The summed E-state index contributed by atoms with van der Waals surface area (Å²) in [5.74, 6) is 0. The highest BCUT2D eigenvalue weighted by atomic mass is 16.6. The van der Waals surface area contributed by atoms with Crippen LogP contribution in [0.4, 0.5) is 4.79 Å². The molecular formula is C9H15NO3. The maximum Gasteiger partial charge on any atom is 0.410 e. The molecule has 0 aromatic carbocycles. The summed E-state index contributed by atoms with van der Waals surface area (Å²) in [6.07, 6.45) is 2.98. The molecule has 1 rings (SSSR count). The van der Waals surface area contributed by atoms with Gasteiger partial charge in [-0.15, -0.1) is 0 Å². The number of aliphatic hydroxyl groups is 1. The molecule has 1 atom stereocenters. The third kappa shape index (κ3) is 2.45. The van der Waals surface area contributed by atoms with Crippen molar-refractivity contribution in [3.05, 3.63) is 12.7 Å². The summed E-state index contributed by atoms with van der Waals surface area (Å²) in [7, 11) is 0. The molecule has 0 aromatic heterocycles. The molecule has 74 valence electrons. The number of ether oxygens (including phenoxy) is 1. The second-order valence-electron chi connectivity index (χ2n) is 3.04. The largest absolute Gasteiger partial charge is 0.445 e. The smallest absolute Gasteiger partial charge is 0.410 e. The zero-order valence-corrected chi connectivity index (χ0v) is 7.61. The lowest BCUT2D eigenvalue weighted by Crippen LogP contribution is -2.38. The molecule has 0 aromatic rings. The van der Waals surface area contributed by atoms with Crippen LogP contribution in [0, 0.1) is 0 Å². The summed E-state index contributed by atoms with van der Waals surface area (Å²) < 4.78 is 4.86. The van der Waals surface area contributed by atoms with Crippen LogP contribution < -0.4 is 0 Å². The van der Waals surface area contributed by atoms with Gasteiger partial charge in [0.05, 0.1) is 12.6 Å². The molecule has 0 spiro atoms. The van der Waals surface area contributed by atoms with Crippen molar-refractivity contribution >= 4 is 6.09 Å². The van der Waals surface area contributed by atoms with Crippen molar-refractivity contribution in [1.29, 1.82) is 0 Å². The molecule has 13 heavy (non-hydrogen) atoms. The topological polar surface area (TPSA) is 49.8 Å². The Hall–Kier alpha value is -1.03. The molecule has 1 fully saturated rings. The maximum atomic E-state index is 11.3. The van der Waals surface area contributed by atoms with Crippen LogP contribution in [0.25, 0.3) is 0 Å². The fourth-order valence-corrected chi connectivity index (χ4v) is 1.48. The van der Waals surface area contributed by atoms with Gasteiger partial charge in [0, 0.05) is 6.54 Å². The molecular weight excluding hydrogens is 170 g/mol. The van der Waals surface area contributed by atoms with Gasteiger partial charge in [-0.1, -0.05) is 12.7 Å². The number of rotatable bonds is 3. The number of amides is 1. The van der Waals surface area contributed by atoms with Gasteiger partial charge in [-0.25, -0.2) is 4.79 Å². The van der Waals surface area contributed by atoms with Crippen molar-refractivity contribution in [1.82, 2.24) is 4.90 Å². The van der Waals surface area contributed by atoms with Crippen molar-refractivity contribution in [3.63, 3.8) is 0 Å². The average molecular weight is 185 g/mol. The van der Waals surface area contributed by atoms with Crippen LogP contribution in [0.5, 0.6) is 0 Å². The number of likely N-dealkylation sites (tertiary alicyclic amines) is 1. The Morgan fingerprint density at radius 2 is 2.54 bits per heavy atom. The minimum absolute atomic E-state index is 0.0171. The third-order valence-electron chi connectivity index (χ3n) is 2.15. The molecule has 4 nitrogen and oxygen atoms in total. The van der Waals surface area contributed by atoms with E-state index in [-0.39, 0.29) is 25.3 Å². The Kier molecular flexibility index (Phi) is 3.76. The lowest BCUT2D eigenvalue weighted by Gasteiger charge is -2.21. The minimum Gasteiger partial charge on any atom is -0.445 e. The first kappa shape index (κ1) is 10.1. The van der Waals surface area contributed by atoms with E-state index in [1.54, 1.807) is 4.90 Å². The van der Waals surface area contributed by atoms with Crippen LogP contribution in [0.3, 0.4) is 0 Å². The zero-order valence-electron chi connectivity index (χ0n) is 7.61. The van der Waals surface area contributed by atoms with Gasteiger partial charge in [0.25, 0.3) is 0 Å². The van der Waals surface area contributed by atoms with Gasteiger partial charge in [0.15, 0.2) is 0 Å². The van der Waals surface area contributed by atoms with E-state index in [4.69, 9.17) is 9.84 Å². The fraction of sp³-hybridized carbons (Fsp3) is 0.667. The first-order chi connectivity index (χ1) is 6.29. The van der Waals surface area contributed by atoms with E-state index in [0.717, 1.165) is 12.8 Å². The second kappa shape index (κ2) is 4.87. The summed E-state index contributed by atoms with van der Waals surface area (Å²) in [5.41, 5.74) is 0. The monoisotopic (exact) mass is 185 g/mol. The number of hydrogen-bond acceptors (Lipinski definition) is 3. The third-order valence-corrected chi connectivity index (χ3v) is 2.15. The fourth-order valence-electron chi connectivity index (χ4n) is 1.48. The van der Waals surface area contributed by atoms with Crippen molar-refractivity contribution < 1.29 is 14.6 Å². The molecule has 1 aliphatic rings. The summed E-state index contributed by atoms with van der Waals surface area (Å²) in [4.78, 5) is 12.9. The quantitative estimate of drug-likeness (QED) is 0.660. The molecule has 0 saturated carbocycles. The van der Waals surface area contributed by atoms with E-state index in [1.807, 2.05) is 0 Å². The first-order valence-electron chi connectivity index (χ1n) is 4.44. The molecule has 1 aliphatic heterocycles. The SMILES string of the molecule is C=CCOC(=O)N1CCC[C@@H]1CO. The van der Waals surface area contributed by atoms with Gasteiger partial charge < -0.3 is 14.7 Å². The van der Waals surface area contributed by atoms with Crippen LogP contribution >= 0.6 is 0 Å². The van der Waals surface area contributed by atoms with Gasteiger partial charge in [0.2, 0.25) is 0 Å². The minimum atomic E-state index is -0.351. The van der Waals surface area contributed by atoms with Crippen LogP contribution in [0.1, 0.15) is 12.8 Å². The molecule has 0 aliphatic carbocycles. The van der Waals surface area contributed by atoms with Crippen molar-refractivity contribution in [2.24, 2.45) is 0 Å². The van der Waals surface area contributed by atoms with Gasteiger partial charge >= 0.3 is 6.09 Å². The van der Waals surface area contributed by atoms with Crippen molar-refractivity contribution in [2.45, 2.75) is 18.9 Å². The van der Waals surface area contributed by atoms with Gasteiger partial charge in [0.1, 0.15) is 6.61 Å². The van der Waals surface area contributed by atoms with Crippen LogP contribution in [0.2, 0.25) is 0 Å². The van der Waals surface area contributed by atoms with Crippen LogP contribution in [0.15, 0.2) is 12.7 Å². The normalized spacial score (nSPS) is 21.6. The molecule has 0 bridgehead atoms. The first-order valence-corrected chi connectivity index (χ1v) is 4.44. The Morgan fingerprint density at radius 1 is 1.77 bits per heavy atom. The summed E-state index contributed by atoms with van der Waals surface area (Å²) >= 11 is 0. The maximum absolute atomic E-state index is 11.3. The highest BCUT2D eigenvalue weighted by Gasteiger charge is 2.28. The molecule has 1 heterocycles. The van der Waals surface area contributed by atoms with Gasteiger partial charge in [-0.05, 0) is 12.8 Å². The van der Waals surface area contributed by atoms with Gasteiger partial charge in [-0.2, -0.15) is 0 Å². The van der Waals surface area contributed by atoms with Gasteiger partial charge in [-0.3, -0.25) is 0 Å². The number of hydrogen-bond donors (Lipinski definition) is 1. The average Bonchev–Trinajstić information content (AvgIpc) is 2.61. The predicted molar refractivity (Wildman–Crippen MR) is 48.4 cm³/mol. The van der Waals surface area contributed by atoms with E-state index < -0.39 is 0 Å². The summed E-state index contributed by atoms with van der Waals surface area (Å²) in [6, 6.07) is -0.0580. The second-order valence-corrected chi connectivity index (χ2v) is 3.04. The molecule has 1 saturated heterocycles. The number of carbonyl (C=O) groups is 1. The number of aliphatic hydroxyl groups excluding tert-OH is 1. The summed E-state index contributed by atoms with van der Waals surface area (Å²) in [5, 5.41) is 8.94. The molecule has 4 heteroatoms. The lowest BCUT2D eigenvalue weighted by atomic mass is 10.2. The lowest BCUT2D eigenvalue weighted by molar-refractivity contribution is 0.0926. The Balaban J connectivity index is 2.40. The molecule has 0 radical (unpaired) electrons. The van der Waals surface area contributed by atoms with E-state index in [0.29, 0.717) is 6.54 Å². The van der Waals surface area contributed by atoms with Crippen molar-refractivity contribution in [2.75, 3.05) is 19.8 Å². The van der Waals surface area contributed by atoms with Crippen molar-refractivity contribution in [3.8, 4) is 0 Å².